The van der Waals surface area contributed by atoms with Crippen LogP contribution in [0.3, 0.4) is 0 Å². The van der Waals surface area contributed by atoms with Crippen LogP contribution in [0, 0.1) is 0 Å². The third-order valence-electron chi connectivity index (χ3n) is 4.85. The van der Waals surface area contributed by atoms with Crippen molar-refractivity contribution >= 4 is 28.8 Å². The number of fused-ring (bicyclic) bond motifs is 1. The van der Waals surface area contributed by atoms with Gasteiger partial charge in [0.25, 0.3) is 0 Å². The maximum Gasteiger partial charge on any atom is 0.159 e. The maximum atomic E-state index is 11.4. The van der Waals surface area contributed by atoms with Crippen LogP contribution in [0.4, 0.5) is 23.0 Å². The summed E-state index contributed by atoms with van der Waals surface area (Å²) < 4.78 is 0. The number of nitrogen functional groups attached to an aromatic ring is 1. The number of anilines is 4. The van der Waals surface area contributed by atoms with Gasteiger partial charge in [0.05, 0.1) is 0 Å². The Hall–Kier alpha value is -3.41. The van der Waals surface area contributed by atoms with Crippen molar-refractivity contribution in [2.24, 2.45) is 0 Å². The van der Waals surface area contributed by atoms with Crippen molar-refractivity contribution in [1.29, 1.82) is 0 Å². The van der Waals surface area contributed by atoms with Crippen molar-refractivity contribution in [2.45, 2.75) is 19.9 Å². The molecule has 0 saturated carbocycles. The molecule has 0 atom stereocenters. The van der Waals surface area contributed by atoms with Gasteiger partial charge in [0.1, 0.15) is 12.0 Å². The van der Waals surface area contributed by atoms with Crippen molar-refractivity contribution in [3.8, 4) is 0 Å². The molecule has 6 heteroatoms. The first-order valence-electron chi connectivity index (χ1n) is 8.92. The Bertz CT molecular complexity index is 984. The molecule has 0 fully saturated rings. The topological polar surface area (TPSA) is 84.1 Å². The summed E-state index contributed by atoms with van der Waals surface area (Å²) in [7, 11) is 0. The number of carbonyl (C=O) groups excluding carboxylic acids is 1. The molecule has 0 radical (unpaired) electrons. The number of nitrogens with two attached hydrogens (primary N) is 1. The lowest BCUT2D eigenvalue weighted by Crippen LogP contribution is -2.31. The number of rotatable bonds is 4. The molecule has 0 bridgehead atoms. The van der Waals surface area contributed by atoms with Crippen LogP contribution < -0.4 is 16.0 Å². The highest BCUT2D eigenvalue weighted by atomic mass is 16.1. The van der Waals surface area contributed by atoms with Gasteiger partial charge in [-0.05, 0) is 48.7 Å². The van der Waals surface area contributed by atoms with Gasteiger partial charge < -0.3 is 16.0 Å². The summed E-state index contributed by atoms with van der Waals surface area (Å²) in [5.41, 5.74) is 11.1. The van der Waals surface area contributed by atoms with Gasteiger partial charge in [-0.2, -0.15) is 0 Å². The molecule has 1 aliphatic heterocycles. The molecule has 0 amide bonds. The van der Waals surface area contributed by atoms with Crippen LogP contribution in [-0.4, -0.2) is 22.3 Å². The second-order valence-electron chi connectivity index (χ2n) is 6.66. The molecule has 4 rings (SSSR count). The Balaban J connectivity index is 1.57. The lowest BCUT2D eigenvalue weighted by molar-refractivity contribution is 0.101. The Labute approximate surface area is 158 Å². The summed E-state index contributed by atoms with van der Waals surface area (Å²) >= 11 is 0. The van der Waals surface area contributed by atoms with E-state index in [1.807, 2.05) is 12.1 Å². The van der Waals surface area contributed by atoms with E-state index >= 15 is 0 Å². The van der Waals surface area contributed by atoms with E-state index in [0.717, 1.165) is 31.0 Å². The average molecular weight is 359 g/mol. The molecule has 0 unspecified atom stereocenters. The molecule has 2 aromatic carbocycles. The fraction of sp³-hybridized carbons (Fsp3) is 0.190. The number of aromatic nitrogens is 2. The van der Waals surface area contributed by atoms with E-state index < -0.39 is 0 Å². The van der Waals surface area contributed by atoms with Crippen molar-refractivity contribution in [1.82, 2.24) is 9.97 Å². The predicted molar refractivity (Wildman–Crippen MR) is 107 cm³/mol. The Kier molecular flexibility index (Phi) is 4.46. The smallest absolute Gasteiger partial charge is 0.159 e. The van der Waals surface area contributed by atoms with E-state index in [-0.39, 0.29) is 5.78 Å². The highest BCUT2D eigenvalue weighted by Gasteiger charge is 2.20. The minimum atomic E-state index is 0.0377. The quantitative estimate of drug-likeness (QED) is 0.693. The van der Waals surface area contributed by atoms with Gasteiger partial charge in [-0.15, -0.1) is 0 Å². The third-order valence-corrected chi connectivity index (χ3v) is 4.85. The van der Waals surface area contributed by atoms with Gasteiger partial charge in [0.2, 0.25) is 0 Å². The molecule has 0 saturated heterocycles. The molecule has 2 heterocycles. The number of hydrogen-bond donors (Lipinski definition) is 2. The molecular formula is C21H21N5O. The molecule has 136 valence electrons. The Morgan fingerprint density at radius 1 is 1.07 bits per heavy atom. The Morgan fingerprint density at radius 3 is 2.56 bits per heavy atom. The molecule has 3 aromatic rings. The lowest BCUT2D eigenvalue weighted by atomic mass is 10.00. The van der Waals surface area contributed by atoms with Crippen LogP contribution in [-0.2, 0) is 13.0 Å². The van der Waals surface area contributed by atoms with Crippen LogP contribution >= 0.6 is 0 Å². The van der Waals surface area contributed by atoms with Crippen molar-refractivity contribution in [3.63, 3.8) is 0 Å². The van der Waals surface area contributed by atoms with Crippen LogP contribution in [0.25, 0.3) is 0 Å². The molecule has 1 aromatic heterocycles. The maximum absolute atomic E-state index is 11.4. The molecule has 27 heavy (non-hydrogen) atoms. The van der Waals surface area contributed by atoms with Crippen LogP contribution in [0.5, 0.6) is 0 Å². The number of Topliss-reactive ketones (excluding diaryl/α,β-unsaturated/α-hetero) is 1. The number of hydrogen-bond acceptors (Lipinski definition) is 6. The fourth-order valence-corrected chi connectivity index (χ4v) is 3.34. The summed E-state index contributed by atoms with van der Waals surface area (Å²) in [6.45, 7) is 3.20. The predicted octanol–water partition coefficient (Wildman–Crippen LogP) is 3.57. The molecule has 3 N–H and O–H groups in total. The van der Waals surface area contributed by atoms with Crippen LogP contribution in [0.1, 0.15) is 28.4 Å². The van der Waals surface area contributed by atoms with E-state index in [4.69, 9.17) is 5.73 Å². The van der Waals surface area contributed by atoms with Crippen molar-refractivity contribution in [2.75, 3.05) is 22.5 Å². The van der Waals surface area contributed by atoms with Gasteiger partial charge in [0, 0.05) is 24.3 Å². The number of carbonyl (C=O) groups is 1. The number of ketones is 1. The summed E-state index contributed by atoms with van der Waals surface area (Å²) in [6.07, 6.45) is 2.49. The first kappa shape index (κ1) is 17.0. The molecule has 0 aliphatic carbocycles. The van der Waals surface area contributed by atoms with Crippen LogP contribution in [0.15, 0.2) is 54.9 Å². The first-order valence-corrected chi connectivity index (χ1v) is 8.92. The van der Waals surface area contributed by atoms with E-state index in [1.165, 1.54) is 17.5 Å². The van der Waals surface area contributed by atoms with Crippen molar-refractivity contribution < 1.29 is 4.79 Å². The zero-order chi connectivity index (χ0) is 18.8. The normalized spacial score (nSPS) is 13.1. The van der Waals surface area contributed by atoms with E-state index in [0.29, 0.717) is 17.1 Å². The average Bonchev–Trinajstić information content (AvgIpc) is 2.69. The molecule has 0 spiro atoms. The third kappa shape index (κ3) is 3.46. The molecule has 1 aliphatic rings. The minimum absolute atomic E-state index is 0.0377. The SMILES string of the molecule is CC(=O)c1ccc(Nc2ncnc(N3CCc4ccccc4C3)c2N)cc1. The van der Waals surface area contributed by atoms with Gasteiger partial charge >= 0.3 is 0 Å². The van der Waals surface area contributed by atoms with E-state index in [9.17, 15) is 4.79 Å². The fourth-order valence-electron chi connectivity index (χ4n) is 3.34. The largest absolute Gasteiger partial charge is 0.393 e. The van der Waals surface area contributed by atoms with Gasteiger partial charge in [-0.1, -0.05) is 24.3 Å². The first-order chi connectivity index (χ1) is 13.1. The Morgan fingerprint density at radius 2 is 1.81 bits per heavy atom. The second-order valence-corrected chi connectivity index (χ2v) is 6.66. The monoisotopic (exact) mass is 359 g/mol. The minimum Gasteiger partial charge on any atom is -0.393 e. The number of benzene rings is 2. The summed E-state index contributed by atoms with van der Waals surface area (Å²) in [4.78, 5) is 22.3. The highest BCUT2D eigenvalue weighted by molar-refractivity contribution is 5.94. The summed E-state index contributed by atoms with van der Waals surface area (Å²) in [6, 6.07) is 15.7. The van der Waals surface area contributed by atoms with Gasteiger partial charge in [-0.25, -0.2) is 9.97 Å². The van der Waals surface area contributed by atoms with E-state index in [2.05, 4.69) is 44.5 Å². The molecule has 6 nitrogen and oxygen atoms in total. The standard InChI is InChI=1S/C21H21N5O/c1-14(27)15-6-8-18(9-7-15)25-20-19(22)21(24-13-23-20)26-11-10-16-4-2-3-5-17(16)12-26/h2-9,13H,10-12,22H2,1H3,(H,23,24,25). The second kappa shape index (κ2) is 7.07. The van der Waals surface area contributed by atoms with Gasteiger partial charge in [0.15, 0.2) is 17.4 Å². The van der Waals surface area contributed by atoms with Crippen LogP contribution in [0.2, 0.25) is 0 Å². The summed E-state index contributed by atoms with van der Waals surface area (Å²) in [5.74, 6) is 1.34. The lowest BCUT2D eigenvalue weighted by Gasteiger charge is -2.30. The van der Waals surface area contributed by atoms with Crippen molar-refractivity contribution in [3.05, 3.63) is 71.5 Å². The highest BCUT2D eigenvalue weighted by Crippen LogP contribution is 2.31. The summed E-state index contributed by atoms with van der Waals surface area (Å²) in [5, 5.41) is 3.22. The zero-order valence-corrected chi connectivity index (χ0v) is 15.1. The number of nitrogens with zero attached hydrogens (tertiary/aromatic N) is 3. The number of nitrogens with one attached hydrogen (secondary N) is 1. The van der Waals surface area contributed by atoms with Gasteiger partial charge in [-0.3, -0.25) is 4.79 Å². The molecular weight excluding hydrogens is 338 g/mol. The van der Waals surface area contributed by atoms with E-state index in [1.54, 1.807) is 19.1 Å². The zero-order valence-electron chi connectivity index (χ0n) is 15.1.